The van der Waals surface area contributed by atoms with Crippen LogP contribution in [0, 0.1) is 6.92 Å². The number of aliphatic hydroxyl groups is 2. The maximum atomic E-state index is 8.92. The van der Waals surface area contributed by atoms with E-state index >= 15 is 0 Å². The molecule has 0 spiro atoms. The van der Waals surface area contributed by atoms with E-state index in [2.05, 4.69) is 10.3 Å². The van der Waals surface area contributed by atoms with Crippen LogP contribution in [-0.4, -0.2) is 41.0 Å². The van der Waals surface area contributed by atoms with E-state index in [1.54, 1.807) is 0 Å². The van der Waals surface area contributed by atoms with E-state index in [-0.39, 0.29) is 19.3 Å². The van der Waals surface area contributed by atoms with Gasteiger partial charge in [-0.25, -0.2) is 4.98 Å². The number of hydrogen-bond donors (Lipinski definition) is 3. The van der Waals surface area contributed by atoms with Crippen molar-refractivity contribution in [3.63, 3.8) is 0 Å². The molecule has 0 aliphatic heterocycles. The number of aromatic nitrogens is 1. The number of nitrogens with one attached hydrogen (secondary N) is 1. The summed E-state index contributed by atoms with van der Waals surface area (Å²) in [5.41, 5.74) is 2.81. The zero-order valence-electron chi connectivity index (χ0n) is 10.4. The molecule has 0 radical (unpaired) electrons. The summed E-state index contributed by atoms with van der Waals surface area (Å²) in [4.78, 5) is 4.24. The molecule has 5 nitrogen and oxygen atoms in total. The summed E-state index contributed by atoms with van der Waals surface area (Å²) in [6, 6.07) is 5.68. The summed E-state index contributed by atoms with van der Waals surface area (Å²) in [5, 5.41) is 20.9. The molecule has 0 fully saturated rings. The van der Waals surface area contributed by atoms with Crippen molar-refractivity contribution in [1.29, 1.82) is 0 Å². The van der Waals surface area contributed by atoms with E-state index in [0.29, 0.717) is 12.4 Å². The van der Waals surface area contributed by atoms with Gasteiger partial charge in [-0.2, -0.15) is 0 Å². The highest BCUT2D eigenvalue weighted by Crippen LogP contribution is 2.16. The Morgan fingerprint density at radius 2 is 2.11 bits per heavy atom. The third kappa shape index (κ3) is 3.07. The summed E-state index contributed by atoms with van der Waals surface area (Å²) < 4.78 is 5.47. The van der Waals surface area contributed by atoms with Gasteiger partial charge in [0.2, 0.25) is 0 Å². The number of fused-ring (bicyclic) bond motifs is 1. The Morgan fingerprint density at radius 3 is 2.83 bits per heavy atom. The zero-order chi connectivity index (χ0) is 13.0. The number of oxazole rings is 1. The second kappa shape index (κ2) is 5.95. The standard InChI is InChI=1S/C13H18N2O3/c1-9-15-12-3-2-10(6-13(12)18-9)4-5-14-11(7-16)8-17/h2-3,6,11,14,16-17H,4-5,7-8H2,1H3. The number of rotatable bonds is 6. The maximum Gasteiger partial charge on any atom is 0.192 e. The first kappa shape index (κ1) is 13.0. The van der Waals surface area contributed by atoms with Crippen LogP contribution in [0.4, 0.5) is 0 Å². The Balaban J connectivity index is 1.95. The summed E-state index contributed by atoms with van der Waals surface area (Å²) >= 11 is 0. The molecular weight excluding hydrogens is 232 g/mol. The quantitative estimate of drug-likeness (QED) is 0.700. The van der Waals surface area contributed by atoms with Gasteiger partial charge in [0, 0.05) is 6.92 Å². The topological polar surface area (TPSA) is 78.5 Å². The third-order valence-corrected chi connectivity index (χ3v) is 2.85. The molecule has 0 saturated heterocycles. The molecule has 5 heteroatoms. The van der Waals surface area contributed by atoms with Crippen LogP contribution in [0.3, 0.4) is 0 Å². The predicted molar refractivity (Wildman–Crippen MR) is 68.4 cm³/mol. The molecular formula is C13H18N2O3. The highest BCUT2D eigenvalue weighted by molar-refractivity contribution is 5.73. The molecule has 18 heavy (non-hydrogen) atoms. The number of benzene rings is 1. The molecule has 0 amide bonds. The summed E-state index contributed by atoms with van der Waals surface area (Å²) in [5.74, 6) is 0.668. The van der Waals surface area contributed by atoms with E-state index in [4.69, 9.17) is 14.6 Å². The normalized spacial score (nSPS) is 11.6. The molecule has 1 aromatic heterocycles. The molecule has 2 aromatic rings. The van der Waals surface area contributed by atoms with E-state index < -0.39 is 0 Å². The maximum absolute atomic E-state index is 8.92. The highest BCUT2D eigenvalue weighted by atomic mass is 16.3. The van der Waals surface area contributed by atoms with Crippen LogP contribution < -0.4 is 5.32 Å². The molecule has 0 atom stereocenters. The first-order valence-corrected chi connectivity index (χ1v) is 6.04. The molecule has 1 heterocycles. The summed E-state index contributed by atoms with van der Waals surface area (Å²) in [7, 11) is 0. The Bertz CT molecular complexity index is 506. The van der Waals surface area contributed by atoms with Gasteiger partial charge in [0.1, 0.15) is 5.52 Å². The van der Waals surface area contributed by atoms with Crippen molar-refractivity contribution in [2.75, 3.05) is 19.8 Å². The fourth-order valence-electron chi connectivity index (χ4n) is 1.85. The van der Waals surface area contributed by atoms with Gasteiger partial charge in [0.05, 0.1) is 19.3 Å². The lowest BCUT2D eigenvalue weighted by Gasteiger charge is -2.12. The monoisotopic (exact) mass is 250 g/mol. The van der Waals surface area contributed by atoms with Gasteiger partial charge in [-0.15, -0.1) is 0 Å². The minimum absolute atomic E-state index is 0.0587. The average Bonchev–Trinajstić information content (AvgIpc) is 2.74. The molecule has 0 bridgehead atoms. The smallest absolute Gasteiger partial charge is 0.192 e. The van der Waals surface area contributed by atoms with Crippen LogP contribution >= 0.6 is 0 Å². The first-order valence-electron chi connectivity index (χ1n) is 6.04. The molecule has 0 aliphatic rings. The van der Waals surface area contributed by atoms with Gasteiger partial charge in [-0.1, -0.05) is 6.07 Å². The molecule has 0 aliphatic carbocycles. The van der Waals surface area contributed by atoms with Crippen LogP contribution in [0.1, 0.15) is 11.5 Å². The van der Waals surface area contributed by atoms with E-state index in [1.807, 2.05) is 25.1 Å². The van der Waals surface area contributed by atoms with Gasteiger partial charge in [0.15, 0.2) is 11.5 Å². The van der Waals surface area contributed by atoms with Crippen LogP contribution in [-0.2, 0) is 6.42 Å². The van der Waals surface area contributed by atoms with Crippen molar-refractivity contribution < 1.29 is 14.6 Å². The Hall–Kier alpha value is -1.43. The van der Waals surface area contributed by atoms with Crippen LogP contribution in [0.15, 0.2) is 22.6 Å². The first-order chi connectivity index (χ1) is 8.72. The Labute approximate surface area is 105 Å². The largest absolute Gasteiger partial charge is 0.441 e. The second-order valence-electron chi connectivity index (χ2n) is 4.30. The van der Waals surface area contributed by atoms with Crippen molar-refractivity contribution >= 4 is 11.1 Å². The van der Waals surface area contributed by atoms with Crippen LogP contribution in [0.25, 0.3) is 11.1 Å². The summed E-state index contributed by atoms with van der Waals surface area (Å²) in [6.45, 7) is 2.41. The molecule has 2 rings (SSSR count). The molecule has 3 N–H and O–H groups in total. The van der Waals surface area contributed by atoms with Crippen LogP contribution in [0.2, 0.25) is 0 Å². The summed E-state index contributed by atoms with van der Waals surface area (Å²) in [6.07, 6.45) is 0.812. The van der Waals surface area contributed by atoms with Crippen molar-refractivity contribution in [1.82, 2.24) is 10.3 Å². The van der Waals surface area contributed by atoms with E-state index in [1.165, 1.54) is 0 Å². The van der Waals surface area contributed by atoms with Gasteiger partial charge >= 0.3 is 0 Å². The fourth-order valence-corrected chi connectivity index (χ4v) is 1.85. The van der Waals surface area contributed by atoms with E-state index in [0.717, 1.165) is 23.1 Å². The second-order valence-corrected chi connectivity index (χ2v) is 4.30. The van der Waals surface area contributed by atoms with Gasteiger partial charge in [0.25, 0.3) is 0 Å². The number of nitrogens with zero attached hydrogens (tertiary/aromatic N) is 1. The minimum Gasteiger partial charge on any atom is -0.441 e. The molecule has 0 saturated carbocycles. The number of aryl methyl sites for hydroxylation is 1. The van der Waals surface area contributed by atoms with Crippen molar-refractivity contribution in [2.45, 2.75) is 19.4 Å². The lowest BCUT2D eigenvalue weighted by atomic mass is 10.1. The lowest BCUT2D eigenvalue weighted by Crippen LogP contribution is -2.36. The average molecular weight is 250 g/mol. The van der Waals surface area contributed by atoms with Gasteiger partial charge < -0.3 is 19.9 Å². The van der Waals surface area contributed by atoms with Crippen molar-refractivity contribution in [3.05, 3.63) is 29.7 Å². The highest BCUT2D eigenvalue weighted by Gasteiger charge is 2.05. The van der Waals surface area contributed by atoms with Crippen molar-refractivity contribution in [2.24, 2.45) is 0 Å². The Kier molecular flexibility index (Phi) is 4.30. The van der Waals surface area contributed by atoms with Crippen LogP contribution in [0.5, 0.6) is 0 Å². The third-order valence-electron chi connectivity index (χ3n) is 2.85. The minimum atomic E-state index is -0.249. The molecule has 98 valence electrons. The molecule has 1 aromatic carbocycles. The number of aliphatic hydroxyl groups excluding tert-OH is 2. The molecule has 0 unspecified atom stereocenters. The lowest BCUT2D eigenvalue weighted by molar-refractivity contribution is 0.171. The van der Waals surface area contributed by atoms with Crippen molar-refractivity contribution in [3.8, 4) is 0 Å². The Morgan fingerprint density at radius 1 is 1.33 bits per heavy atom. The van der Waals surface area contributed by atoms with Gasteiger partial charge in [-0.05, 0) is 30.7 Å². The zero-order valence-corrected chi connectivity index (χ0v) is 10.4. The fraction of sp³-hybridized carbons (Fsp3) is 0.462. The van der Waals surface area contributed by atoms with Gasteiger partial charge in [-0.3, -0.25) is 0 Å². The van der Waals surface area contributed by atoms with E-state index in [9.17, 15) is 0 Å². The SMILES string of the molecule is Cc1nc2ccc(CCNC(CO)CO)cc2o1. The predicted octanol–water partition coefficient (Wildman–Crippen LogP) is 0.622. The number of hydrogen-bond acceptors (Lipinski definition) is 5.